The molecular weight excluding hydrogens is 272 g/mol. The second-order valence-corrected chi connectivity index (χ2v) is 6.70. The van der Waals surface area contributed by atoms with Crippen molar-refractivity contribution in [2.75, 3.05) is 18.5 Å². The highest BCUT2D eigenvalue weighted by molar-refractivity contribution is 8.14. The molecule has 108 valence electrons. The first-order valence-corrected chi connectivity index (χ1v) is 7.93. The van der Waals surface area contributed by atoms with E-state index in [0.717, 1.165) is 22.8 Å². The average molecular weight is 292 g/mol. The summed E-state index contributed by atoms with van der Waals surface area (Å²) in [5.41, 5.74) is 2.12. The second kappa shape index (κ2) is 6.16. The van der Waals surface area contributed by atoms with Crippen LogP contribution < -0.4 is 5.32 Å². The highest BCUT2D eigenvalue weighted by atomic mass is 32.2. The van der Waals surface area contributed by atoms with Gasteiger partial charge in [-0.3, -0.25) is 4.99 Å². The maximum Gasteiger partial charge on any atom is 0.184 e. The standard InChI is InChI=1S/C15H20N2O2S/c1-10-9-11(2)20-15(16-10)17-13-5-3-12(4-6-13)14-18-7-8-19-14/h3-6,10-11,14H,7-9H2,1-2H3,(H,16,17). The number of aliphatic imine (C=N–C) groups is 1. The van der Waals surface area contributed by atoms with Crippen LogP contribution in [-0.4, -0.2) is 29.7 Å². The summed E-state index contributed by atoms with van der Waals surface area (Å²) in [6, 6.07) is 8.58. The molecule has 20 heavy (non-hydrogen) atoms. The van der Waals surface area contributed by atoms with E-state index >= 15 is 0 Å². The van der Waals surface area contributed by atoms with Crippen LogP contribution in [0.4, 0.5) is 5.69 Å². The van der Waals surface area contributed by atoms with Gasteiger partial charge in [0.15, 0.2) is 11.5 Å². The van der Waals surface area contributed by atoms with Gasteiger partial charge in [0.1, 0.15) is 0 Å². The summed E-state index contributed by atoms with van der Waals surface area (Å²) in [4.78, 5) is 4.65. The largest absolute Gasteiger partial charge is 0.346 e. The molecule has 0 aliphatic carbocycles. The summed E-state index contributed by atoms with van der Waals surface area (Å²) >= 11 is 1.80. The quantitative estimate of drug-likeness (QED) is 0.907. The van der Waals surface area contributed by atoms with E-state index in [1.165, 1.54) is 0 Å². The monoisotopic (exact) mass is 292 g/mol. The van der Waals surface area contributed by atoms with Crippen LogP contribution in [0, 0.1) is 0 Å². The maximum atomic E-state index is 5.49. The van der Waals surface area contributed by atoms with Gasteiger partial charge in [-0.15, -0.1) is 0 Å². The summed E-state index contributed by atoms with van der Waals surface area (Å²) < 4.78 is 11.0. The maximum absolute atomic E-state index is 5.49. The predicted molar refractivity (Wildman–Crippen MR) is 83.3 cm³/mol. The number of thioether (sulfide) groups is 1. The zero-order valence-corrected chi connectivity index (χ0v) is 12.7. The van der Waals surface area contributed by atoms with Crippen LogP contribution in [0.25, 0.3) is 0 Å². The SMILES string of the molecule is CC1CC(C)SC(Nc2ccc(C3OCCO3)cc2)=N1. The van der Waals surface area contributed by atoms with E-state index in [9.17, 15) is 0 Å². The predicted octanol–water partition coefficient (Wildman–Crippen LogP) is 3.41. The first-order valence-electron chi connectivity index (χ1n) is 7.05. The Morgan fingerprint density at radius 3 is 2.50 bits per heavy atom. The van der Waals surface area contributed by atoms with Crippen molar-refractivity contribution in [3.63, 3.8) is 0 Å². The van der Waals surface area contributed by atoms with Gasteiger partial charge in [0.2, 0.25) is 0 Å². The highest BCUT2D eigenvalue weighted by Gasteiger charge is 2.19. The number of nitrogens with zero attached hydrogens (tertiary/aromatic N) is 1. The van der Waals surface area contributed by atoms with Gasteiger partial charge in [0.05, 0.1) is 19.3 Å². The Hall–Kier alpha value is -1.04. The summed E-state index contributed by atoms with van der Waals surface area (Å²) in [6.07, 6.45) is 0.941. The third-order valence-corrected chi connectivity index (χ3v) is 4.40. The number of amidine groups is 1. The fourth-order valence-electron chi connectivity index (χ4n) is 2.46. The van der Waals surface area contributed by atoms with E-state index in [1.807, 2.05) is 24.3 Å². The van der Waals surface area contributed by atoms with Crippen molar-refractivity contribution in [1.82, 2.24) is 0 Å². The van der Waals surface area contributed by atoms with E-state index in [4.69, 9.17) is 9.47 Å². The van der Waals surface area contributed by atoms with Crippen LogP contribution in [0.3, 0.4) is 0 Å². The Morgan fingerprint density at radius 2 is 1.85 bits per heavy atom. The Kier molecular flexibility index (Phi) is 4.29. The van der Waals surface area contributed by atoms with E-state index in [-0.39, 0.29) is 6.29 Å². The van der Waals surface area contributed by atoms with Crippen molar-refractivity contribution in [3.05, 3.63) is 29.8 Å². The second-order valence-electron chi connectivity index (χ2n) is 5.27. The van der Waals surface area contributed by atoms with Crippen molar-refractivity contribution < 1.29 is 9.47 Å². The van der Waals surface area contributed by atoms with Crippen molar-refractivity contribution in [2.24, 2.45) is 4.99 Å². The molecule has 0 saturated carbocycles. The lowest BCUT2D eigenvalue weighted by Gasteiger charge is -2.23. The van der Waals surface area contributed by atoms with E-state index in [2.05, 4.69) is 24.2 Å². The molecule has 0 aromatic heterocycles. The van der Waals surface area contributed by atoms with Crippen LogP contribution in [-0.2, 0) is 9.47 Å². The van der Waals surface area contributed by atoms with Gasteiger partial charge < -0.3 is 14.8 Å². The molecule has 2 aliphatic rings. The molecule has 2 heterocycles. The molecule has 1 saturated heterocycles. The fourth-order valence-corrected chi connectivity index (χ4v) is 3.64. The molecule has 0 radical (unpaired) electrons. The zero-order chi connectivity index (χ0) is 13.9. The van der Waals surface area contributed by atoms with Gasteiger partial charge in [0, 0.05) is 16.5 Å². The highest BCUT2D eigenvalue weighted by Crippen LogP contribution is 2.27. The number of nitrogens with one attached hydrogen (secondary N) is 1. The summed E-state index contributed by atoms with van der Waals surface area (Å²) in [5, 5.41) is 5.02. The number of benzene rings is 1. The summed E-state index contributed by atoms with van der Waals surface area (Å²) in [6.45, 7) is 5.76. The molecule has 0 spiro atoms. The van der Waals surface area contributed by atoms with Crippen LogP contribution in [0.2, 0.25) is 0 Å². The Labute approximate surface area is 123 Å². The first-order chi connectivity index (χ1) is 9.70. The number of hydrogen-bond donors (Lipinski definition) is 1. The van der Waals surface area contributed by atoms with Crippen molar-refractivity contribution >= 4 is 22.6 Å². The molecule has 4 nitrogen and oxygen atoms in total. The average Bonchev–Trinajstić information content (AvgIpc) is 2.92. The summed E-state index contributed by atoms with van der Waals surface area (Å²) in [5.74, 6) is 0. The van der Waals surface area contributed by atoms with Gasteiger partial charge in [-0.1, -0.05) is 30.8 Å². The van der Waals surface area contributed by atoms with Crippen LogP contribution >= 0.6 is 11.8 Å². The molecular formula is C15H20N2O2S. The van der Waals surface area contributed by atoms with E-state index < -0.39 is 0 Å². The molecule has 1 N–H and O–H groups in total. The van der Waals surface area contributed by atoms with Crippen LogP contribution in [0.5, 0.6) is 0 Å². The van der Waals surface area contributed by atoms with Gasteiger partial charge in [0.25, 0.3) is 0 Å². The molecule has 5 heteroatoms. The Balaban J connectivity index is 1.66. The van der Waals surface area contributed by atoms with E-state index in [1.54, 1.807) is 11.8 Å². The topological polar surface area (TPSA) is 42.8 Å². The third kappa shape index (κ3) is 3.34. The lowest BCUT2D eigenvalue weighted by Crippen LogP contribution is -2.22. The van der Waals surface area contributed by atoms with Crippen LogP contribution in [0.1, 0.15) is 32.1 Å². The summed E-state index contributed by atoms with van der Waals surface area (Å²) in [7, 11) is 0. The number of ether oxygens (including phenoxy) is 2. The Morgan fingerprint density at radius 1 is 1.15 bits per heavy atom. The molecule has 2 unspecified atom stereocenters. The van der Waals surface area contributed by atoms with Crippen molar-refractivity contribution in [3.8, 4) is 0 Å². The molecule has 2 aliphatic heterocycles. The lowest BCUT2D eigenvalue weighted by atomic mass is 10.2. The molecule has 1 aromatic carbocycles. The van der Waals surface area contributed by atoms with Gasteiger partial charge >= 0.3 is 0 Å². The van der Waals surface area contributed by atoms with E-state index in [0.29, 0.717) is 24.5 Å². The molecule has 3 rings (SSSR count). The van der Waals surface area contributed by atoms with Gasteiger partial charge in [-0.25, -0.2) is 0 Å². The minimum absolute atomic E-state index is 0.203. The molecule has 0 amide bonds. The molecule has 0 bridgehead atoms. The van der Waals surface area contributed by atoms with Crippen molar-refractivity contribution in [1.29, 1.82) is 0 Å². The minimum atomic E-state index is -0.203. The Bertz CT molecular complexity index is 483. The number of rotatable bonds is 2. The van der Waals surface area contributed by atoms with Crippen molar-refractivity contribution in [2.45, 2.75) is 37.9 Å². The number of hydrogen-bond acceptors (Lipinski definition) is 5. The lowest BCUT2D eigenvalue weighted by molar-refractivity contribution is -0.0441. The van der Waals surface area contributed by atoms with Gasteiger partial charge in [-0.2, -0.15) is 0 Å². The zero-order valence-electron chi connectivity index (χ0n) is 11.8. The molecule has 2 atom stereocenters. The molecule has 1 aromatic rings. The minimum Gasteiger partial charge on any atom is -0.346 e. The normalized spacial score (nSPS) is 27.4. The van der Waals surface area contributed by atoms with Crippen LogP contribution in [0.15, 0.2) is 29.3 Å². The molecule has 1 fully saturated rings. The number of anilines is 1. The fraction of sp³-hybridized carbons (Fsp3) is 0.533. The third-order valence-electron chi connectivity index (χ3n) is 3.38. The van der Waals surface area contributed by atoms with Gasteiger partial charge in [-0.05, 0) is 25.5 Å². The first kappa shape index (κ1) is 13.9. The smallest absolute Gasteiger partial charge is 0.184 e.